The molecule has 6 nitrogen and oxygen atoms in total. The van der Waals surface area contributed by atoms with Gasteiger partial charge < -0.3 is 20.3 Å². The number of aliphatic imine (C=N–C) groups is 1. The Morgan fingerprint density at radius 1 is 1.20 bits per heavy atom. The van der Waals surface area contributed by atoms with Crippen molar-refractivity contribution in [2.75, 3.05) is 6.61 Å². The Morgan fingerprint density at radius 3 is 2.68 bits per heavy atom. The zero-order valence-electron chi connectivity index (χ0n) is 13.4. The fraction of sp³-hybridized carbons (Fsp3) is 0.111. The molecule has 1 saturated heterocycles. The van der Waals surface area contributed by atoms with E-state index in [1.807, 2.05) is 6.92 Å². The number of thioether (sulfide) groups is 1. The Labute approximate surface area is 148 Å². The van der Waals surface area contributed by atoms with Crippen LogP contribution in [-0.4, -0.2) is 27.9 Å². The fourth-order valence-corrected chi connectivity index (χ4v) is 3.01. The van der Waals surface area contributed by atoms with Crippen molar-refractivity contribution in [3.63, 3.8) is 0 Å². The Bertz CT molecular complexity index is 860. The minimum absolute atomic E-state index is 0.0575. The van der Waals surface area contributed by atoms with E-state index in [1.54, 1.807) is 30.3 Å². The fourth-order valence-electron chi connectivity index (χ4n) is 2.17. The second kappa shape index (κ2) is 7.31. The summed E-state index contributed by atoms with van der Waals surface area (Å²) < 4.78 is 5.35. The van der Waals surface area contributed by atoms with E-state index in [0.29, 0.717) is 28.1 Å². The predicted molar refractivity (Wildman–Crippen MR) is 98.2 cm³/mol. The number of hydrogen-bond acceptors (Lipinski definition) is 6. The van der Waals surface area contributed by atoms with Crippen LogP contribution in [0.5, 0.6) is 17.2 Å². The molecule has 0 radical (unpaired) electrons. The highest BCUT2D eigenvalue weighted by atomic mass is 32.2. The number of benzene rings is 2. The van der Waals surface area contributed by atoms with Crippen LogP contribution < -0.4 is 10.1 Å². The molecule has 0 aliphatic carbocycles. The number of hydrogen-bond donors (Lipinski definition) is 3. The number of ether oxygens (including phenoxy) is 1. The van der Waals surface area contributed by atoms with Crippen molar-refractivity contribution < 1.29 is 19.7 Å². The number of amides is 1. The third-order valence-electron chi connectivity index (χ3n) is 3.31. The third-order valence-corrected chi connectivity index (χ3v) is 4.22. The highest BCUT2D eigenvalue weighted by molar-refractivity contribution is 8.18. The van der Waals surface area contributed by atoms with Crippen molar-refractivity contribution in [1.82, 2.24) is 5.32 Å². The van der Waals surface area contributed by atoms with Gasteiger partial charge in [-0.25, -0.2) is 4.99 Å². The van der Waals surface area contributed by atoms with Crippen LogP contribution in [0.4, 0.5) is 5.69 Å². The zero-order chi connectivity index (χ0) is 17.8. The van der Waals surface area contributed by atoms with Crippen LogP contribution in [0.2, 0.25) is 0 Å². The van der Waals surface area contributed by atoms with Gasteiger partial charge in [0, 0.05) is 0 Å². The summed E-state index contributed by atoms with van der Waals surface area (Å²) >= 11 is 1.22. The molecule has 1 heterocycles. The lowest BCUT2D eigenvalue weighted by Crippen LogP contribution is -2.19. The van der Waals surface area contributed by atoms with E-state index in [4.69, 9.17) is 4.74 Å². The first-order chi connectivity index (χ1) is 12.0. The highest BCUT2D eigenvalue weighted by Crippen LogP contribution is 2.31. The van der Waals surface area contributed by atoms with Crippen LogP contribution in [0.15, 0.2) is 52.4 Å². The van der Waals surface area contributed by atoms with Gasteiger partial charge in [0.25, 0.3) is 5.91 Å². The van der Waals surface area contributed by atoms with E-state index in [0.717, 1.165) is 5.56 Å². The molecule has 1 fully saturated rings. The maximum absolute atomic E-state index is 12.1. The second-order valence-electron chi connectivity index (χ2n) is 5.16. The Balaban J connectivity index is 1.81. The molecule has 3 rings (SSSR count). The monoisotopic (exact) mass is 356 g/mol. The molecule has 3 N–H and O–H groups in total. The molecule has 25 heavy (non-hydrogen) atoms. The molecule has 1 aliphatic heterocycles. The van der Waals surface area contributed by atoms with E-state index in [2.05, 4.69) is 10.3 Å². The molecule has 0 atom stereocenters. The summed E-state index contributed by atoms with van der Waals surface area (Å²) in [5.41, 5.74) is 1.37. The van der Waals surface area contributed by atoms with Crippen molar-refractivity contribution in [2.24, 2.45) is 4.99 Å². The maximum Gasteiger partial charge on any atom is 0.264 e. The largest absolute Gasteiger partial charge is 0.508 e. The van der Waals surface area contributed by atoms with Crippen molar-refractivity contribution in [2.45, 2.75) is 6.92 Å². The van der Waals surface area contributed by atoms with E-state index in [-0.39, 0.29) is 17.4 Å². The number of nitrogens with zero attached hydrogens (tertiary/aromatic N) is 1. The van der Waals surface area contributed by atoms with Crippen LogP contribution in [0.3, 0.4) is 0 Å². The van der Waals surface area contributed by atoms with E-state index in [9.17, 15) is 15.0 Å². The zero-order valence-corrected chi connectivity index (χ0v) is 14.2. The molecular formula is C18H16N2O4S. The number of aromatic hydroxyl groups is 2. The van der Waals surface area contributed by atoms with Gasteiger partial charge in [-0.05, 0) is 66.7 Å². The van der Waals surface area contributed by atoms with Crippen molar-refractivity contribution >= 4 is 34.6 Å². The standard InChI is InChI=1S/C18H16N2O4S/c1-2-24-15-9-11(3-8-14(15)22)10-16-17(23)20-18(25-16)19-12-4-6-13(21)7-5-12/h3-10,21-22H,2H2,1H3,(H,19,20,23). The van der Waals surface area contributed by atoms with Gasteiger partial charge in [0.1, 0.15) is 5.75 Å². The molecular weight excluding hydrogens is 340 g/mol. The lowest BCUT2D eigenvalue weighted by atomic mass is 10.2. The van der Waals surface area contributed by atoms with Crippen molar-refractivity contribution in [3.8, 4) is 17.2 Å². The first-order valence-corrected chi connectivity index (χ1v) is 8.41. The Hall–Kier alpha value is -2.93. The summed E-state index contributed by atoms with van der Waals surface area (Å²) in [4.78, 5) is 16.9. The quantitative estimate of drug-likeness (QED) is 0.731. The maximum atomic E-state index is 12.1. The van der Waals surface area contributed by atoms with Crippen molar-refractivity contribution in [3.05, 3.63) is 52.9 Å². The minimum Gasteiger partial charge on any atom is -0.508 e. The number of phenolic OH excluding ortho intramolecular Hbond substituents is 2. The molecule has 128 valence electrons. The topological polar surface area (TPSA) is 91.2 Å². The molecule has 2 aromatic rings. The number of rotatable bonds is 4. The van der Waals surface area contributed by atoms with Gasteiger partial charge in [-0.15, -0.1) is 0 Å². The molecule has 1 aliphatic rings. The molecule has 7 heteroatoms. The molecule has 0 bridgehead atoms. The second-order valence-corrected chi connectivity index (χ2v) is 6.19. The first-order valence-electron chi connectivity index (χ1n) is 7.59. The van der Waals surface area contributed by atoms with Gasteiger partial charge in [0.2, 0.25) is 0 Å². The summed E-state index contributed by atoms with van der Waals surface area (Å²) in [6.07, 6.45) is 1.71. The summed E-state index contributed by atoms with van der Waals surface area (Å²) in [5.74, 6) is 0.346. The highest BCUT2D eigenvalue weighted by Gasteiger charge is 2.23. The smallest absolute Gasteiger partial charge is 0.264 e. The predicted octanol–water partition coefficient (Wildman–Crippen LogP) is 3.39. The van der Waals surface area contributed by atoms with E-state index in [1.165, 1.54) is 30.0 Å². The van der Waals surface area contributed by atoms with Crippen LogP contribution in [-0.2, 0) is 4.79 Å². The Morgan fingerprint density at radius 2 is 1.96 bits per heavy atom. The summed E-state index contributed by atoms with van der Waals surface area (Å²) in [6.45, 7) is 2.27. The van der Waals surface area contributed by atoms with Gasteiger partial charge in [0.15, 0.2) is 16.7 Å². The number of carbonyl (C=O) groups excluding carboxylic acids is 1. The first kappa shape index (κ1) is 16.9. The van der Waals surface area contributed by atoms with Gasteiger partial charge >= 0.3 is 0 Å². The average molecular weight is 356 g/mol. The molecule has 0 aromatic heterocycles. The SMILES string of the molecule is CCOc1cc(C=C2SC(=Nc3ccc(O)cc3)NC2=O)ccc1O. The molecule has 0 spiro atoms. The molecule has 1 amide bonds. The summed E-state index contributed by atoms with van der Waals surface area (Å²) in [6, 6.07) is 11.3. The average Bonchev–Trinajstić information content (AvgIpc) is 2.92. The van der Waals surface area contributed by atoms with Gasteiger partial charge in [0.05, 0.1) is 17.2 Å². The minimum atomic E-state index is -0.242. The number of carbonyl (C=O) groups is 1. The van der Waals surface area contributed by atoms with Crippen LogP contribution in [0.1, 0.15) is 12.5 Å². The number of amidine groups is 1. The lowest BCUT2D eigenvalue weighted by molar-refractivity contribution is -0.115. The molecule has 0 saturated carbocycles. The van der Waals surface area contributed by atoms with Crippen LogP contribution in [0, 0.1) is 0 Å². The van der Waals surface area contributed by atoms with Crippen molar-refractivity contribution in [1.29, 1.82) is 0 Å². The van der Waals surface area contributed by atoms with E-state index >= 15 is 0 Å². The summed E-state index contributed by atoms with van der Waals surface area (Å²) in [7, 11) is 0. The summed E-state index contributed by atoms with van der Waals surface area (Å²) in [5, 5.41) is 22.2. The van der Waals surface area contributed by atoms with Gasteiger partial charge in [-0.1, -0.05) is 6.07 Å². The molecule has 0 unspecified atom stereocenters. The number of phenols is 2. The van der Waals surface area contributed by atoms with Gasteiger partial charge in [-0.2, -0.15) is 0 Å². The Kier molecular flexibility index (Phi) is 4.95. The van der Waals surface area contributed by atoms with Gasteiger partial charge in [-0.3, -0.25) is 4.79 Å². The normalized spacial score (nSPS) is 17.1. The van der Waals surface area contributed by atoms with E-state index < -0.39 is 0 Å². The third kappa shape index (κ3) is 4.13. The van der Waals surface area contributed by atoms with Crippen LogP contribution >= 0.6 is 11.8 Å². The van der Waals surface area contributed by atoms with Crippen LogP contribution in [0.25, 0.3) is 6.08 Å². The molecule has 2 aromatic carbocycles. The number of nitrogens with one attached hydrogen (secondary N) is 1. The lowest BCUT2D eigenvalue weighted by Gasteiger charge is -2.06.